The van der Waals surface area contributed by atoms with Gasteiger partial charge in [-0.05, 0) is 30.2 Å². The molecule has 0 spiro atoms. The van der Waals surface area contributed by atoms with E-state index < -0.39 is 0 Å². The van der Waals surface area contributed by atoms with Crippen LogP contribution in [0.2, 0.25) is 0 Å². The van der Waals surface area contributed by atoms with Crippen LogP contribution in [0.15, 0.2) is 67.0 Å². The van der Waals surface area contributed by atoms with Crippen LogP contribution < -0.4 is 10.2 Å². The maximum atomic E-state index is 12.8. The van der Waals surface area contributed by atoms with Gasteiger partial charge in [0, 0.05) is 24.0 Å². The lowest BCUT2D eigenvalue weighted by Gasteiger charge is -2.17. The minimum absolute atomic E-state index is 0.0986. The molecule has 0 radical (unpaired) electrons. The van der Waals surface area contributed by atoms with Crippen molar-refractivity contribution in [2.24, 2.45) is 0 Å². The van der Waals surface area contributed by atoms with Crippen molar-refractivity contribution in [1.29, 1.82) is 0 Å². The van der Waals surface area contributed by atoms with Gasteiger partial charge in [-0.3, -0.25) is 4.79 Å². The van der Waals surface area contributed by atoms with Crippen molar-refractivity contribution in [2.75, 3.05) is 16.8 Å². The van der Waals surface area contributed by atoms with Crippen molar-refractivity contribution >= 4 is 23.1 Å². The maximum absolute atomic E-state index is 12.8. The highest BCUT2D eigenvalue weighted by Gasteiger charge is 2.26. The molecule has 0 bridgehead atoms. The standard InChI is InChI=1S/C19H16N4O/c24-19(23-11-10-14-6-4-5-9-17(14)23)16-12-18(21-13-20-16)22-15-7-2-1-3-8-15/h1-9,12-13H,10-11H2,(H,20,21,22). The molecule has 1 aliphatic rings. The van der Waals surface area contributed by atoms with Crippen molar-refractivity contribution < 1.29 is 4.79 Å². The summed E-state index contributed by atoms with van der Waals surface area (Å²) in [5.41, 5.74) is 3.47. The number of carbonyl (C=O) groups excluding carboxylic acids is 1. The van der Waals surface area contributed by atoms with Crippen molar-refractivity contribution in [3.05, 3.63) is 78.2 Å². The molecule has 2 heterocycles. The summed E-state index contributed by atoms with van der Waals surface area (Å²) in [5, 5.41) is 3.19. The third-order valence-electron chi connectivity index (χ3n) is 4.06. The Kier molecular flexibility index (Phi) is 3.67. The predicted octanol–water partition coefficient (Wildman–Crippen LogP) is 3.42. The zero-order valence-corrected chi connectivity index (χ0v) is 13.0. The molecule has 1 aliphatic heterocycles. The van der Waals surface area contributed by atoms with Gasteiger partial charge < -0.3 is 10.2 Å². The quantitative estimate of drug-likeness (QED) is 0.804. The Morgan fingerprint density at radius 1 is 1.00 bits per heavy atom. The van der Waals surface area contributed by atoms with E-state index in [1.807, 2.05) is 48.5 Å². The first-order chi connectivity index (χ1) is 11.8. The lowest BCUT2D eigenvalue weighted by molar-refractivity contribution is 0.0984. The Bertz CT molecular complexity index is 879. The van der Waals surface area contributed by atoms with Crippen LogP contribution in [0.3, 0.4) is 0 Å². The molecule has 3 aromatic rings. The van der Waals surface area contributed by atoms with E-state index in [9.17, 15) is 4.79 Å². The number of nitrogens with zero attached hydrogens (tertiary/aromatic N) is 3. The summed E-state index contributed by atoms with van der Waals surface area (Å²) in [6, 6.07) is 19.4. The van der Waals surface area contributed by atoms with E-state index in [0.717, 1.165) is 17.8 Å². The van der Waals surface area contributed by atoms with E-state index in [-0.39, 0.29) is 5.91 Å². The molecule has 0 unspecified atom stereocenters. The van der Waals surface area contributed by atoms with Gasteiger partial charge in [0.05, 0.1) is 0 Å². The first kappa shape index (κ1) is 14.4. The van der Waals surface area contributed by atoms with Crippen molar-refractivity contribution in [2.45, 2.75) is 6.42 Å². The van der Waals surface area contributed by atoms with Crippen LogP contribution in [-0.4, -0.2) is 22.4 Å². The number of rotatable bonds is 3. The van der Waals surface area contributed by atoms with E-state index >= 15 is 0 Å². The van der Waals surface area contributed by atoms with Gasteiger partial charge in [0.1, 0.15) is 17.8 Å². The summed E-state index contributed by atoms with van der Waals surface area (Å²) < 4.78 is 0. The highest BCUT2D eigenvalue weighted by atomic mass is 16.2. The number of nitrogens with one attached hydrogen (secondary N) is 1. The van der Waals surface area contributed by atoms with Gasteiger partial charge in [0.2, 0.25) is 0 Å². The molecular weight excluding hydrogens is 300 g/mol. The number of amides is 1. The van der Waals surface area contributed by atoms with Gasteiger partial charge in [-0.25, -0.2) is 9.97 Å². The average molecular weight is 316 g/mol. The van der Waals surface area contributed by atoms with Gasteiger partial charge in [-0.15, -0.1) is 0 Å². The molecule has 0 aliphatic carbocycles. The molecule has 24 heavy (non-hydrogen) atoms. The Morgan fingerprint density at radius 2 is 1.79 bits per heavy atom. The van der Waals surface area contributed by atoms with E-state index in [1.54, 1.807) is 11.0 Å². The van der Waals surface area contributed by atoms with Crippen LogP contribution in [0.5, 0.6) is 0 Å². The summed E-state index contributed by atoms with van der Waals surface area (Å²) in [4.78, 5) is 23.0. The smallest absolute Gasteiger partial charge is 0.277 e. The Labute approximate surface area is 140 Å². The number of anilines is 3. The largest absolute Gasteiger partial charge is 0.340 e. The summed E-state index contributed by atoms with van der Waals surface area (Å²) >= 11 is 0. The molecule has 5 heteroatoms. The van der Waals surface area contributed by atoms with E-state index in [4.69, 9.17) is 0 Å². The van der Waals surface area contributed by atoms with Gasteiger partial charge in [0.15, 0.2) is 0 Å². The number of carbonyl (C=O) groups is 1. The van der Waals surface area contributed by atoms with Crippen LogP contribution in [0, 0.1) is 0 Å². The van der Waals surface area contributed by atoms with Crippen LogP contribution in [-0.2, 0) is 6.42 Å². The summed E-state index contributed by atoms with van der Waals surface area (Å²) in [5.74, 6) is 0.505. The fourth-order valence-electron chi connectivity index (χ4n) is 2.90. The fourth-order valence-corrected chi connectivity index (χ4v) is 2.90. The van der Waals surface area contributed by atoms with Crippen molar-refractivity contribution in [3.63, 3.8) is 0 Å². The second-order valence-electron chi connectivity index (χ2n) is 5.62. The van der Waals surface area contributed by atoms with Gasteiger partial charge in [-0.2, -0.15) is 0 Å². The summed E-state index contributed by atoms with van der Waals surface area (Å²) in [6.07, 6.45) is 2.29. The second-order valence-corrected chi connectivity index (χ2v) is 5.62. The van der Waals surface area contributed by atoms with Crippen LogP contribution in [0.1, 0.15) is 16.1 Å². The van der Waals surface area contributed by atoms with Crippen LogP contribution in [0.25, 0.3) is 0 Å². The zero-order valence-electron chi connectivity index (χ0n) is 13.0. The first-order valence-corrected chi connectivity index (χ1v) is 7.85. The van der Waals surface area contributed by atoms with Gasteiger partial charge in [0.25, 0.3) is 5.91 Å². The number of benzene rings is 2. The maximum Gasteiger partial charge on any atom is 0.277 e. The number of fused-ring (bicyclic) bond motifs is 1. The van der Waals surface area contributed by atoms with Crippen LogP contribution in [0.4, 0.5) is 17.2 Å². The summed E-state index contributed by atoms with van der Waals surface area (Å²) in [6.45, 7) is 0.684. The molecule has 0 fully saturated rings. The Balaban J connectivity index is 1.59. The van der Waals surface area contributed by atoms with Crippen molar-refractivity contribution in [3.8, 4) is 0 Å². The van der Waals surface area contributed by atoms with E-state index in [2.05, 4.69) is 21.4 Å². The van der Waals surface area contributed by atoms with Crippen LogP contribution >= 0.6 is 0 Å². The first-order valence-electron chi connectivity index (χ1n) is 7.85. The molecule has 1 amide bonds. The van der Waals surface area contributed by atoms with Crippen molar-refractivity contribution in [1.82, 2.24) is 9.97 Å². The lowest BCUT2D eigenvalue weighted by atomic mass is 10.2. The highest BCUT2D eigenvalue weighted by Crippen LogP contribution is 2.28. The lowest BCUT2D eigenvalue weighted by Crippen LogP contribution is -2.29. The molecule has 118 valence electrons. The van der Waals surface area contributed by atoms with E-state index in [1.165, 1.54) is 11.9 Å². The number of hydrogen-bond acceptors (Lipinski definition) is 4. The monoisotopic (exact) mass is 316 g/mol. The molecule has 0 saturated heterocycles. The minimum atomic E-state index is -0.0986. The molecule has 1 aromatic heterocycles. The molecule has 4 rings (SSSR count). The Hall–Kier alpha value is -3.21. The minimum Gasteiger partial charge on any atom is -0.340 e. The third-order valence-corrected chi connectivity index (χ3v) is 4.06. The second kappa shape index (κ2) is 6.12. The number of aromatic nitrogens is 2. The predicted molar refractivity (Wildman–Crippen MR) is 93.6 cm³/mol. The molecule has 0 atom stereocenters. The molecule has 1 N–H and O–H groups in total. The molecule has 2 aromatic carbocycles. The molecule has 5 nitrogen and oxygen atoms in total. The topological polar surface area (TPSA) is 58.1 Å². The number of hydrogen-bond donors (Lipinski definition) is 1. The van der Waals surface area contributed by atoms with Gasteiger partial charge in [-0.1, -0.05) is 36.4 Å². The molecular formula is C19H16N4O. The highest BCUT2D eigenvalue weighted by molar-refractivity contribution is 6.06. The summed E-state index contributed by atoms with van der Waals surface area (Å²) in [7, 11) is 0. The molecule has 0 saturated carbocycles. The number of para-hydroxylation sites is 2. The average Bonchev–Trinajstić information content (AvgIpc) is 3.06. The van der Waals surface area contributed by atoms with Gasteiger partial charge >= 0.3 is 0 Å². The zero-order chi connectivity index (χ0) is 16.4. The normalized spacial score (nSPS) is 12.8. The fraction of sp³-hybridized carbons (Fsp3) is 0.105. The SMILES string of the molecule is O=C(c1cc(Nc2ccccc2)ncn1)N1CCc2ccccc21. The van der Waals surface area contributed by atoms with E-state index in [0.29, 0.717) is 18.1 Å². The third kappa shape index (κ3) is 2.72. The Morgan fingerprint density at radius 3 is 2.67 bits per heavy atom.